The average molecular weight is 516 g/mol. The largest absolute Gasteiger partial charge is 0.271 e. The van der Waals surface area contributed by atoms with Crippen LogP contribution in [0.1, 0.15) is 15.9 Å². The number of nitrogens with one attached hydrogen (secondary N) is 1. The summed E-state index contributed by atoms with van der Waals surface area (Å²) in [5, 5.41) is 19.5. The number of amides is 1. The fourth-order valence-electron chi connectivity index (χ4n) is 3.95. The number of aromatic nitrogens is 5. The van der Waals surface area contributed by atoms with Gasteiger partial charge in [-0.1, -0.05) is 65.9 Å². The van der Waals surface area contributed by atoms with Crippen molar-refractivity contribution in [1.82, 2.24) is 30.2 Å². The number of hydrazone groups is 1. The Balaban J connectivity index is 1.21. The monoisotopic (exact) mass is 515 g/mol. The average Bonchev–Trinajstić information content (AvgIpc) is 3.75. The van der Waals surface area contributed by atoms with Crippen molar-refractivity contribution >= 4 is 23.5 Å². The Hall–Kier alpha value is -5.15. The summed E-state index contributed by atoms with van der Waals surface area (Å²) >= 11 is 1.60. The van der Waals surface area contributed by atoms with Crippen LogP contribution in [-0.2, 0) is 0 Å². The molecule has 0 radical (unpaired) electrons. The predicted octanol–water partition coefficient (Wildman–Crippen LogP) is 5.61. The van der Waals surface area contributed by atoms with Gasteiger partial charge in [-0.25, -0.2) is 14.8 Å². The molecule has 0 aliphatic rings. The van der Waals surface area contributed by atoms with Crippen molar-refractivity contribution in [3.8, 4) is 33.2 Å². The highest BCUT2D eigenvalue weighted by Crippen LogP contribution is 2.27. The molecule has 0 saturated carbocycles. The molecule has 1 N–H and O–H groups in total. The first-order valence-electron chi connectivity index (χ1n) is 11.9. The number of hydrogen-bond donors (Lipinski definition) is 1. The lowest BCUT2D eigenvalue weighted by Crippen LogP contribution is -2.17. The SMILES string of the molecule is O=C(N/N=C/c1cn(-c2ccccc2)nc1-c1cccs1)c1cccc(-n2cc(-c3ccccc3)nn2)c1. The Labute approximate surface area is 222 Å². The molecule has 6 rings (SSSR count). The standard InChI is InChI=1S/C29H21N7OS/c37-29(22-11-7-14-25(17-22)36-20-26(31-34-36)21-9-3-1-4-10-21)32-30-18-23-19-35(24-12-5-2-6-13-24)33-28(23)27-15-8-16-38-27/h1-20H,(H,32,37)/b30-18+. The van der Waals surface area contributed by atoms with E-state index in [1.54, 1.807) is 40.4 Å². The van der Waals surface area contributed by atoms with Gasteiger partial charge in [0.25, 0.3) is 5.91 Å². The van der Waals surface area contributed by atoms with Crippen LogP contribution in [0.15, 0.2) is 120 Å². The van der Waals surface area contributed by atoms with Gasteiger partial charge in [-0.05, 0) is 41.8 Å². The third-order valence-electron chi connectivity index (χ3n) is 5.82. The maximum Gasteiger partial charge on any atom is 0.271 e. The summed E-state index contributed by atoms with van der Waals surface area (Å²) in [6.45, 7) is 0. The first-order chi connectivity index (χ1) is 18.7. The molecule has 3 aromatic heterocycles. The van der Waals surface area contributed by atoms with Crippen LogP contribution in [0.25, 0.3) is 33.2 Å². The Kier molecular flexibility index (Phi) is 6.40. The van der Waals surface area contributed by atoms with Gasteiger partial charge in [0.05, 0.1) is 28.7 Å². The molecule has 6 aromatic rings. The predicted molar refractivity (Wildman–Crippen MR) is 149 cm³/mol. The summed E-state index contributed by atoms with van der Waals surface area (Å²) in [7, 11) is 0. The van der Waals surface area contributed by atoms with Crippen molar-refractivity contribution in [1.29, 1.82) is 0 Å². The van der Waals surface area contributed by atoms with E-state index in [1.807, 2.05) is 101 Å². The van der Waals surface area contributed by atoms with E-state index in [1.165, 1.54) is 0 Å². The lowest BCUT2D eigenvalue weighted by molar-refractivity contribution is 0.0955. The van der Waals surface area contributed by atoms with Gasteiger partial charge in [0.1, 0.15) is 11.4 Å². The molecule has 1 amide bonds. The van der Waals surface area contributed by atoms with E-state index in [0.717, 1.165) is 38.8 Å². The van der Waals surface area contributed by atoms with Gasteiger partial charge in [0.15, 0.2) is 0 Å². The van der Waals surface area contributed by atoms with E-state index in [-0.39, 0.29) is 5.91 Å². The molecule has 0 unspecified atom stereocenters. The van der Waals surface area contributed by atoms with E-state index in [0.29, 0.717) is 5.56 Å². The number of carbonyl (C=O) groups is 1. The molecule has 8 nitrogen and oxygen atoms in total. The summed E-state index contributed by atoms with van der Waals surface area (Å²) in [5.74, 6) is -0.334. The molecule has 3 heterocycles. The van der Waals surface area contributed by atoms with Crippen LogP contribution in [0.4, 0.5) is 0 Å². The fraction of sp³-hybridized carbons (Fsp3) is 0. The second-order valence-electron chi connectivity index (χ2n) is 8.35. The second-order valence-corrected chi connectivity index (χ2v) is 9.30. The van der Waals surface area contributed by atoms with E-state index in [4.69, 9.17) is 5.10 Å². The molecule has 0 spiro atoms. The number of thiophene rings is 1. The number of nitrogens with zero attached hydrogens (tertiary/aromatic N) is 6. The molecule has 0 fully saturated rings. The highest BCUT2D eigenvalue weighted by molar-refractivity contribution is 7.13. The first-order valence-corrected chi connectivity index (χ1v) is 12.7. The fourth-order valence-corrected chi connectivity index (χ4v) is 4.68. The van der Waals surface area contributed by atoms with Crippen molar-refractivity contribution < 1.29 is 4.79 Å². The highest BCUT2D eigenvalue weighted by atomic mass is 32.1. The normalized spacial score (nSPS) is 11.2. The molecule has 0 atom stereocenters. The molecule has 0 aliphatic heterocycles. The van der Waals surface area contributed by atoms with Crippen LogP contribution in [0, 0.1) is 0 Å². The van der Waals surface area contributed by atoms with Gasteiger partial charge in [0, 0.05) is 22.9 Å². The third kappa shape index (κ3) is 4.91. The molecule has 0 bridgehead atoms. The summed E-state index contributed by atoms with van der Waals surface area (Å²) in [5.41, 5.74) is 8.06. The zero-order valence-electron chi connectivity index (χ0n) is 20.0. The van der Waals surface area contributed by atoms with Crippen molar-refractivity contribution in [2.45, 2.75) is 0 Å². The van der Waals surface area contributed by atoms with Crippen molar-refractivity contribution in [3.63, 3.8) is 0 Å². The van der Waals surface area contributed by atoms with E-state index in [9.17, 15) is 4.79 Å². The minimum Gasteiger partial charge on any atom is -0.267 e. The van der Waals surface area contributed by atoms with E-state index < -0.39 is 0 Å². The van der Waals surface area contributed by atoms with Crippen LogP contribution in [-0.4, -0.2) is 36.9 Å². The van der Waals surface area contributed by atoms with Crippen molar-refractivity contribution in [2.24, 2.45) is 5.10 Å². The van der Waals surface area contributed by atoms with Crippen LogP contribution in [0.2, 0.25) is 0 Å². The van der Waals surface area contributed by atoms with Gasteiger partial charge in [-0.3, -0.25) is 4.79 Å². The first kappa shape index (κ1) is 23.3. The van der Waals surface area contributed by atoms with Crippen LogP contribution >= 0.6 is 11.3 Å². The topological polar surface area (TPSA) is 90.0 Å². The Morgan fingerprint density at radius 3 is 2.42 bits per heavy atom. The summed E-state index contributed by atoms with van der Waals surface area (Å²) in [6.07, 6.45) is 5.35. The zero-order chi connectivity index (χ0) is 25.7. The lowest BCUT2D eigenvalue weighted by Gasteiger charge is -2.04. The maximum atomic E-state index is 12.9. The molecule has 38 heavy (non-hydrogen) atoms. The minimum absolute atomic E-state index is 0.334. The van der Waals surface area contributed by atoms with Crippen LogP contribution in [0.5, 0.6) is 0 Å². The zero-order valence-corrected chi connectivity index (χ0v) is 20.9. The number of benzene rings is 3. The molecule has 3 aromatic carbocycles. The number of carbonyl (C=O) groups excluding carboxylic acids is 1. The van der Waals surface area contributed by atoms with Crippen LogP contribution < -0.4 is 5.43 Å². The van der Waals surface area contributed by atoms with Gasteiger partial charge in [0.2, 0.25) is 0 Å². The number of hydrogen-bond acceptors (Lipinski definition) is 6. The second kappa shape index (κ2) is 10.5. The van der Waals surface area contributed by atoms with Gasteiger partial charge >= 0.3 is 0 Å². The highest BCUT2D eigenvalue weighted by Gasteiger charge is 2.13. The summed E-state index contributed by atoms with van der Waals surface area (Å²) in [4.78, 5) is 13.9. The van der Waals surface area contributed by atoms with E-state index in [2.05, 4.69) is 20.8 Å². The lowest BCUT2D eigenvalue weighted by atomic mass is 10.2. The Morgan fingerprint density at radius 1 is 0.842 bits per heavy atom. The van der Waals surface area contributed by atoms with Gasteiger partial charge < -0.3 is 0 Å². The quantitative estimate of drug-likeness (QED) is 0.221. The van der Waals surface area contributed by atoms with Gasteiger partial charge in [-0.15, -0.1) is 16.4 Å². The molecule has 9 heteroatoms. The molecule has 0 aliphatic carbocycles. The third-order valence-corrected chi connectivity index (χ3v) is 6.70. The number of para-hydroxylation sites is 1. The van der Waals surface area contributed by atoms with Crippen molar-refractivity contribution in [3.05, 3.63) is 126 Å². The Morgan fingerprint density at radius 2 is 1.63 bits per heavy atom. The molecular formula is C29H21N7OS. The minimum atomic E-state index is -0.334. The summed E-state index contributed by atoms with van der Waals surface area (Å²) in [6, 6.07) is 30.8. The van der Waals surface area contributed by atoms with Gasteiger partial charge in [-0.2, -0.15) is 10.2 Å². The molecule has 184 valence electrons. The molecule has 0 saturated heterocycles. The van der Waals surface area contributed by atoms with Crippen molar-refractivity contribution in [2.75, 3.05) is 0 Å². The maximum absolute atomic E-state index is 12.9. The smallest absolute Gasteiger partial charge is 0.267 e. The van der Waals surface area contributed by atoms with E-state index >= 15 is 0 Å². The summed E-state index contributed by atoms with van der Waals surface area (Å²) < 4.78 is 3.46. The Bertz CT molecular complexity index is 1700. The number of rotatable bonds is 7. The van der Waals surface area contributed by atoms with Crippen LogP contribution in [0.3, 0.4) is 0 Å². The molecular weight excluding hydrogens is 494 g/mol.